The second kappa shape index (κ2) is 26.0. The van der Waals surface area contributed by atoms with Crippen LogP contribution >= 0.6 is 0 Å². The van der Waals surface area contributed by atoms with Gasteiger partial charge in [-0.2, -0.15) is 0 Å². The summed E-state index contributed by atoms with van der Waals surface area (Å²) in [6.07, 6.45) is 1.35. The van der Waals surface area contributed by atoms with Gasteiger partial charge in [0.1, 0.15) is 36.0 Å². The molecule has 4 rings (SSSR count). The lowest BCUT2D eigenvalue weighted by molar-refractivity contribution is -0.134. The lowest BCUT2D eigenvalue weighted by Gasteiger charge is -2.28. The highest BCUT2D eigenvalue weighted by molar-refractivity contribution is 6.01. The number of morpholine rings is 1. The molecule has 0 bridgehead atoms. The molecule has 5 atom stereocenters. The van der Waals surface area contributed by atoms with E-state index in [4.69, 9.17) is 28.5 Å². The van der Waals surface area contributed by atoms with E-state index in [-0.39, 0.29) is 38.0 Å². The van der Waals surface area contributed by atoms with Gasteiger partial charge in [0, 0.05) is 26.6 Å². The van der Waals surface area contributed by atoms with Gasteiger partial charge in [0.2, 0.25) is 23.6 Å². The van der Waals surface area contributed by atoms with Gasteiger partial charge in [0.05, 0.1) is 65.4 Å². The monoisotopic (exact) mass is 838 g/mol. The van der Waals surface area contributed by atoms with Crippen molar-refractivity contribution >= 4 is 29.3 Å². The van der Waals surface area contributed by atoms with Gasteiger partial charge in [-0.25, -0.2) is 0 Å². The number of carbonyl (C=O) groups is 4. The fraction of sp³-hybridized carbons (Fsp3) is 0.614. The number of amides is 4. The second-order valence-electron chi connectivity index (χ2n) is 15.8. The Morgan fingerprint density at radius 2 is 1.32 bits per heavy atom. The van der Waals surface area contributed by atoms with Crippen LogP contribution in [0.1, 0.15) is 51.7 Å². The van der Waals surface area contributed by atoms with Crippen LogP contribution < -0.4 is 21.3 Å². The molecule has 2 aliphatic rings. The summed E-state index contributed by atoms with van der Waals surface area (Å²) in [7, 11) is 1.61. The molecule has 60 heavy (non-hydrogen) atoms. The first kappa shape index (κ1) is 48.2. The van der Waals surface area contributed by atoms with E-state index in [0.717, 1.165) is 11.1 Å². The standard InChI is InChI=1S/C44H66N6O10/c1-32(2)28-37(47-41(52)36(17-16-34-12-8-6-9-13-34)46-39(51)30-50-18-20-56-21-19-50)43(54)48-38(29-35-14-10-7-11-15-35)42(53)45-33(3)40(44(4)31-59-44)49-60-27-26-58-25-24-57-23-22-55-5/h6-15,32-33,36-38H,16-31H2,1-5H3,(H,45,53)(H,46,51)(H,47,52)(H,48,54)/b49-40-/t33-,36-,37-,38-,44+/m0/s1. The first-order valence-corrected chi connectivity index (χ1v) is 21.0. The van der Waals surface area contributed by atoms with Crippen LogP contribution in [0.5, 0.6) is 0 Å². The zero-order valence-electron chi connectivity index (χ0n) is 36.0. The third-order valence-electron chi connectivity index (χ3n) is 10.1. The van der Waals surface area contributed by atoms with Crippen molar-refractivity contribution in [2.75, 3.05) is 86.2 Å². The number of ether oxygens (including phenoxy) is 5. The molecule has 2 aromatic rings. The molecule has 0 unspecified atom stereocenters. The Labute approximate surface area is 354 Å². The third-order valence-corrected chi connectivity index (χ3v) is 10.1. The fourth-order valence-electron chi connectivity index (χ4n) is 6.68. The van der Waals surface area contributed by atoms with E-state index in [1.807, 2.05) is 86.3 Å². The van der Waals surface area contributed by atoms with Crippen LogP contribution in [0.25, 0.3) is 0 Å². The van der Waals surface area contributed by atoms with E-state index < -0.39 is 47.5 Å². The highest BCUT2D eigenvalue weighted by Gasteiger charge is 2.48. The summed E-state index contributed by atoms with van der Waals surface area (Å²) in [5.74, 6) is -1.70. The molecule has 0 aliphatic carbocycles. The molecule has 16 nitrogen and oxygen atoms in total. The number of rotatable bonds is 28. The van der Waals surface area contributed by atoms with Crippen LogP contribution in [-0.2, 0) is 60.5 Å². The normalized spacial score (nSPS) is 18.8. The average molecular weight is 839 g/mol. The summed E-state index contributed by atoms with van der Waals surface area (Å²) in [4.78, 5) is 63.2. The summed E-state index contributed by atoms with van der Waals surface area (Å²) in [5.41, 5.74) is 1.62. The molecular formula is C44H66N6O10. The zero-order chi connectivity index (χ0) is 43.2. The number of hydrogen-bond acceptors (Lipinski definition) is 12. The van der Waals surface area contributed by atoms with Crippen LogP contribution in [0.4, 0.5) is 0 Å². The Morgan fingerprint density at radius 1 is 0.750 bits per heavy atom. The van der Waals surface area contributed by atoms with Crippen LogP contribution in [0.2, 0.25) is 0 Å². The van der Waals surface area contributed by atoms with Gasteiger partial charge in [-0.05, 0) is 50.2 Å². The number of benzene rings is 2. The highest BCUT2D eigenvalue weighted by Crippen LogP contribution is 2.29. The Bertz CT molecular complexity index is 1620. The van der Waals surface area contributed by atoms with Crippen LogP contribution in [-0.4, -0.2) is 150 Å². The van der Waals surface area contributed by atoms with Crippen molar-refractivity contribution in [1.82, 2.24) is 26.2 Å². The van der Waals surface area contributed by atoms with E-state index >= 15 is 0 Å². The Balaban J connectivity index is 1.44. The lowest BCUT2D eigenvalue weighted by atomic mass is 9.98. The van der Waals surface area contributed by atoms with E-state index in [1.165, 1.54) is 0 Å². The van der Waals surface area contributed by atoms with Crippen molar-refractivity contribution in [3.8, 4) is 0 Å². The summed E-state index contributed by atoms with van der Waals surface area (Å²) in [5, 5.41) is 16.2. The number of aryl methyl sites for hydroxylation is 1. The largest absolute Gasteiger partial charge is 0.393 e. The molecule has 332 valence electrons. The van der Waals surface area contributed by atoms with Crippen molar-refractivity contribution in [2.45, 2.75) is 83.1 Å². The topological polar surface area (TPSA) is 191 Å². The molecule has 0 aromatic heterocycles. The Hall–Kier alpha value is -4.45. The first-order chi connectivity index (χ1) is 29.0. The molecule has 0 radical (unpaired) electrons. The van der Waals surface area contributed by atoms with Crippen molar-refractivity contribution in [1.29, 1.82) is 0 Å². The predicted octanol–water partition coefficient (Wildman–Crippen LogP) is 2.04. The van der Waals surface area contributed by atoms with Gasteiger partial charge < -0.3 is 49.8 Å². The molecule has 2 aliphatic heterocycles. The number of oxime groups is 1. The molecule has 2 aromatic carbocycles. The number of epoxide rings is 1. The highest BCUT2D eigenvalue weighted by atomic mass is 16.6. The first-order valence-electron chi connectivity index (χ1n) is 21.0. The fourth-order valence-corrected chi connectivity index (χ4v) is 6.68. The Morgan fingerprint density at radius 3 is 1.93 bits per heavy atom. The molecule has 0 spiro atoms. The van der Waals surface area contributed by atoms with Gasteiger partial charge in [-0.1, -0.05) is 79.7 Å². The van der Waals surface area contributed by atoms with Gasteiger partial charge in [-0.15, -0.1) is 0 Å². The predicted molar refractivity (Wildman–Crippen MR) is 226 cm³/mol. The lowest BCUT2D eigenvalue weighted by Crippen LogP contribution is -2.59. The van der Waals surface area contributed by atoms with Crippen LogP contribution in [0, 0.1) is 5.92 Å². The summed E-state index contributed by atoms with van der Waals surface area (Å²) in [6, 6.07) is 15.6. The van der Waals surface area contributed by atoms with Crippen LogP contribution in [0.3, 0.4) is 0 Å². The molecular weight excluding hydrogens is 773 g/mol. The second-order valence-corrected chi connectivity index (χ2v) is 15.8. The van der Waals surface area contributed by atoms with Gasteiger partial charge in [0.25, 0.3) is 0 Å². The van der Waals surface area contributed by atoms with Gasteiger partial charge in [0.15, 0.2) is 0 Å². The third kappa shape index (κ3) is 17.6. The molecule has 0 saturated carbocycles. The van der Waals surface area contributed by atoms with E-state index in [9.17, 15) is 19.2 Å². The number of hydrogen-bond donors (Lipinski definition) is 4. The molecule has 2 fully saturated rings. The van der Waals surface area contributed by atoms with Crippen molar-refractivity contribution in [3.05, 3.63) is 71.8 Å². The van der Waals surface area contributed by atoms with E-state index in [0.29, 0.717) is 84.3 Å². The van der Waals surface area contributed by atoms with Crippen LogP contribution in [0.15, 0.2) is 65.8 Å². The van der Waals surface area contributed by atoms with Crippen molar-refractivity contribution in [2.24, 2.45) is 11.1 Å². The maximum absolute atomic E-state index is 14.2. The zero-order valence-corrected chi connectivity index (χ0v) is 36.0. The molecule has 2 heterocycles. The van der Waals surface area contributed by atoms with E-state index in [2.05, 4.69) is 26.4 Å². The smallest absolute Gasteiger partial charge is 0.243 e. The number of nitrogens with one attached hydrogen (secondary N) is 4. The average Bonchev–Trinajstić information content (AvgIpc) is 3.99. The molecule has 4 amide bonds. The SMILES string of the molecule is COCCOCCOCCO/N=C(/[C@H](C)NC(=O)[C@H](Cc1ccccc1)NC(=O)[C@H](CC(C)C)NC(=O)[C@H](CCc1ccccc1)NC(=O)CN1CCOCC1)[C@@]1(C)CO1. The maximum Gasteiger partial charge on any atom is 0.243 e. The summed E-state index contributed by atoms with van der Waals surface area (Å²) >= 11 is 0. The molecule has 16 heteroatoms. The number of methoxy groups -OCH3 is 1. The Kier molecular flexibility index (Phi) is 20.9. The molecule has 4 N–H and O–H groups in total. The van der Waals surface area contributed by atoms with Gasteiger partial charge >= 0.3 is 0 Å². The summed E-state index contributed by atoms with van der Waals surface area (Å²) in [6.45, 7) is 12.7. The van der Waals surface area contributed by atoms with Gasteiger partial charge in [-0.3, -0.25) is 24.1 Å². The maximum atomic E-state index is 14.2. The number of nitrogens with zero attached hydrogens (tertiary/aromatic N) is 2. The quantitative estimate of drug-likeness (QED) is 0.0425. The van der Waals surface area contributed by atoms with Crippen molar-refractivity contribution in [3.63, 3.8) is 0 Å². The minimum atomic E-state index is -1.01. The minimum absolute atomic E-state index is 0.0128. The summed E-state index contributed by atoms with van der Waals surface area (Å²) < 4.78 is 27.0. The van der Waals surface area contributed by atoms with Crippen molar-refractivity contribution < 1.29 is 47.7 Å². The molecule has 2 saturated heterocycles. The number of carbonyl (C=O) groups excluding carboxylic acids is 4. The minimum Gasteiger partial charge on any atom is -0.393 e. The van der Waals surface area contributed by atoms with E-state index in [1.54, 1.807) is 14.0 Å².